The van der Waals surface area contributed by atoms with Gasteiger partial charge in [-0.2, -0.15) is 0 Å². The fourth-order valence-electron chi connectivity index (χ4n) is 1.76. The van der Waals surface area contributed by atoms with E-state index in [0.29, 0.717) is 11.8 Å². The van der Waals surface area contributed by atoms with Gasteiger partial charge < -0.3 is 10.1 Å². The predicted molar refractivity (Wildman–Crippen MR) is 73.6 cm³/mol. The lowest BCUT2D eigenvalue weighted by Crippen LogP contribution is -2.25. The number of hydrogen-bond donors (Lipinski definition) is 1. The summed E-state index contributed by atoms with van der Waals surface area (Å²) in [6.07, 6.45) is 2.14. The molecule has 0 fully saturated rings. The molecule has 18 heavy (non-hydrogen) atoms. The average molecular weight is 253 g/mol. The molecule has 0 saturated heterocycles. The minimum absolute atomic E-state index is 0.111. The van der Waals surface area contributed by atoms with Gasteiger partial charge in [-0.05, 0) is 44.9 Å². The predicted octanol–water partition coefficient (Wildman–Crippen LogP) is 3.68. The topological polar surface area (TPSA) is 21.3 Å². The van der Waals surface area contributed by atoms with Gasteiger partial charge in [-0.15, -0.1) is 0 Å². The van der Waals surface area contributed by atoms with Crippen LogP contribution in [-0.2, 0) is 0 Å². The third kappa shape index (κ3) is 5.50. The zero-order valence-electron chi connectivity index (χ0n) is 11.8. The van der Waals surface area contributed by atoms with E-state index in [2.05, 4.69) is 19.2 Å². The Balaban J connectivity index is 2.35. The van der Waals surface area contributed by atoms with E-state index in [9.17, 15) is 4.39 Å². The molecule has 3 heteroatoms. The average Bonchev–Trinajstić information content (AvgIpc) is 2.29. The summed E-state index contributed by atoms with van der Waals surface area (Å²) in [5.74, 6) is 0.406. The second kappa shape index (κ2) is 7.37. The van der Waals surface area contributed by atoms with Crippen molar-refractivity contribution >= 4 is 0 Å². The second-order valence-electron chi connectivity index (χ2n) is 5.09. The largest absolute Gasteiger partial charge is 0.490 e. The van der Waals surface area contributed by atoms with Crippen molar-refractivity contribution in [2.24, 2.45) is 0 Å². The summed E-state index contributed by atoms with van der Waals surface area (Å²) in [6, 6.07) is 5.18. The maximum Gasteiger partial charge on any atom is 0.126 e. The summed E-state index contributed by atoms with van der Waals surface area (Å²) in [6.45, 7) is 9.22. The number of benzene rings is 1. The number of rotatable bonds is 7. The number of nitrogens with one attached hydrogen (secondary N) is 1. The summed E-state index contributed by atoms with van der Waals surface area (Å²) in [7, 11) is 0. The van der Waals surface area contributed by atoms with Gasteiger partial charge in [0.05, 0.1) is 6.10 Å². The Hall–Kier alpha value is -1.09. The molecule has 0 spiro atoms. The number of aryl methyl sites for hydroxylation is 1. The highest BCUT2D eigenvalue weighted by atomic mass is 19.1. The van der Waals surface area contributed by atoms with Gasteiger partial charge in [0.2, 0.25) is 0 Å². The van der Waals surface area contributed by atoms with Crippen molar-refractivity contribution < 1.29 is 9.13 Å². The van der Waals surface area contributed by atoms with E-state index in [-0.39, 0.29) is 11.9 Å². The van der Waals surface area contributed by atoms with Crippen LogP contribution in [0.25, 0.3) is 0 Å². The summed E-state index contributed by atoms with van der Waals surface area (Å²) >= 11 is 0. The van der Waals surface area contributed by atoms with Crippen LogP contribution in [0.5, 0.6) is 5.75 Å². The summed E-state index contributed by atoms with van der Waals surface area (Å²) in [5, 5.41) is 3.37. The lowest BCUT2D eigenvalue weighted by molar-refractivity contribution is 0.205. The zero-order chi connectivity index (χ0) is 13.5. The maximum atomic E-state index is 13.1. The first-order valence-electron chi connectivity index (χ1n) is 6.65. The first-order chi connectivity index (χ1) is 8.49. The quantitative estimate of drug-likeness (QED) is 0.748. The smallest absolute Gasteiger partial charge is 0.126 e. The summed E-state index contributed by atoms with van der Waals surface area (Å²) < 4.78 is 18.9. The molecule has 2 nitrogen and oxygen atoms in total. The molecule has 1 rings (SSSR count). The molecule has 0 radical (unpaired) electrons. The SMILES string of the molecule is Cc1ccc(F)cc1OC(C)CCCNC(C)C. The molecule has 1 atom stereocenters. The number of halogens is 1. The highest BCUT2D eigenvalue weighted by Crippen LogP contribution is 2.21. The Morgan fingerprint density at radius 2 is 2.00 bits per heavy atom. The Labute approximate surface area is 110 Å². The normalized spacial score (nSPS) is 12.8. The van der Waals surface area contributed by atoms with Gasteiger partial charge in [0.1, 0.15) is 11.6 Å². The zero-order valence-corrected chi connectivity index (χ0v) is 11.8. The highest BCUT2D eigenvalue weighted by Gasteiger charge is 2.07. The van der Waals surface area contributed by atoms with Crippen LogP contribution >= 0.6 is 0 Å². The fraction of sp³-hybridized carbons (Fsp3) is 0.600. The minimum Gasteiger partial charge on any atom is -0.490 e. The molecule has 0 aliphatic rings. The van der Waals surface area contributed by atoms with Crippen LogP contribution in [0.2, 0.25) is 0 Å². The lowest BCUT2D eigenvalue weighted by Gasteiger charge is -2.17. The third-order valence-electron chi connectivity index (χ3n) is 2.82. The molecule has 1 N–H and O–H groups in total. The van der Waals surface area contributed by atoms with Gasteiger partial charge in [0.25, 0.3) is 0 Å². The van der Waals surface area contributed by atoms with Crippen molar-refractivity contribution in [3.8, 4) is 5.75 Å². The van der Waals surface area contributed by atoms with E-state index in [0.717, 1.165) is 24.9 Å². The van der Waals surface area contributed by atoms with Crippen LogP contribution in [0.4, 0.5) is 4.39 Å². The van der Waals surface area contributed by atoms with Gasteiger partial charge in [-0.25, -0.2) is 4.39 Å². The molecule has 0 aliphatic carbocycles. The third-order valence-corrected chi connectivity index (χ3v) is 2.82. The first kappa shape index (κ1) is 15.0. The molecule has 0 aromatic heterocycles. The molecule has 1 aromatic rings. The van der Waals surface area contributed by atoms with Crippen molar-refractivity contribution in [1.29, 1.82) is 0 Å². The van der Waals surface area contributed by atoms with E-state index in [1.54, 1.807) is 6.07 Å². The van der Waals surface area contributed by atoms with Crippen LogP contribution < -0.4 is 10.1 Å². The molecular weight excluding hydrogens is 229 g/mol. The molecule has 0 aliphatic heterocycles. The number of hydrogen-bond acceptors (Lipinski definition) is 2. The second-order valence-corrected chi connectivity index (χ2v) is 5.09. The van der Waals surface area contributed by atoms with Gasteiger partial charge in [-0.1, -0.05) is 19.9 Å². The molecule has 0 bridgehead atoms. The molecule has 1 aromatic carbocycles. The molecule has 0 amide bonds. The van der Waals surface area contributed by atoms with Crippen LogP contribution in [-0.4, -0.2) is 18.7 Å². The standard InChI is InChI=1S/C15H24FNO/c1-11(2)17-9-5-6-13(4)18-15-10-14(16)8-7-12(15)3/h7-8,10-11,13,17H,5-6,9H2,1-4H3. The van der Waals surface area contributed by atoms with Crippen molar-refractivity contribution in [3.05, 3.63) is 29.6 Å². The highest BCUT2D eigenvalue weighted by molar-refractivity contribution is 5.32. The molecule has 0 heterocycles. The Bertz CT molecular complexity index is 366. The van der Waals surface area contributed by atoms with Crippen LogP contribution in [0.15, 0.2) is 18.2 Å². The Kier molecular flexibility index (Phi) is 6.13. The van der Waals surface area contributed by atoms with Gasteiger partial charge in [0, 0.05) is 12.1 Å². The Morgan fingerprint density at radius 3 is 2.67 bits per heavy atom. The van der Waals surface area contributed by atoms with Gasteiger partial charge in [-0.3, -0.25) is 0 Å². The van der Waals surface area contributed by atoms with E-state index in [1.165, 1.54) is 12.1 Å². The number of ether oxygens (including phenoxy) is 1. The molecule has 1 unspecified atom stereocenters. The van der Waals surface area contributed by atoms with Gasteiger partial charge in [0.15, 0.2) is 0 Å². The van der Waals surface area contributed by atoms with E-state index < -0.39 is 0 Å². The van der Waals surface area contributed by atoms with Crippen molar-refractivity contribution in [2.75, 3.05) is 6.54 Å². The van der Waals surface area contributed by atoms with E-state index in [4.69, 9.17) is 4.74 Å². The van der Waals surface area contributed by atoms with Crippen LogP contribution in [0.1, 0.15) is 39.2 Å². The van der Waals surface area contributed by atoms with Gasteiger partial charge >= 0.3 is 0 Å². The van der Waals surface area contributed by atoms with Crippen LogP contribution in [0.3, 0.4) is 0 Å². The van der Waals surface area contributed by atoms with Crippen molar-refractivity contribution in [3.63, 3.8) is 0 Å². The van der Waals surface area contributed by atoms with Crippen molar-refractivity contribution in [1.82, 2.24) is 5.32 Å². The first-order valence-corrected chi connectivity index (χ1v) is 6.65. The summed E-state index contributed by atoms with van der Waals surface area (Å²) in [4.78, 5) is 0. The molecule has 102 valence electrons. The van der Waals surface area contributed by atoms with Crippen molar-refractivity contribution in [2.45, 2.75) is 52.7 Å². The van der Waals surface area contributed by atoms with E-state index in [1.807, 2.05) is 13.8 Å². The summed E-state index contributed by atoms with van der Waals surface area (Å²) in [5.41, 5.74) is 0.976. The monoisotopic (exact) mass is 253 g/mol. The molecule has 0 saturated carbocycles. The van der Waals surface area contributed by atoms with Crippen LogP contribution in [0, 0.1) is 12.7 Å². The maximum absolute atomic E-state index is 13.1. The minimum atomic E-state index is -0.246. The molecular formula is C15H24FNO. The van der Waals surface area contributed by atoms with E-state index >= 15 is 0 Å². The fourth-order valence-corrected chi connectivity index (χ4v) is 1.76. The Morgan fingerprint density at radius 1 is 1.28 bits per heavy atom. The lowest BCUT2D eigenvalue weighted by atomic mass is 10.2.